The Balaban J connectivity index is 1.79. The van der Waals surface area contributed by atoms with Gasteiger partial charge in [-0.3, -0.25) is 19.8 Å². The van der Waals surface area contributed by atoms with E-state index < -0.39 is 11.0 Å². The fourth-order valence-corrected chi connectivity index (χ4v) is 3.61. The van der Waals surface area contributed by atoms with Crippen LogP contribution in [0, 0.1) is 10.1 Å². The molecular weight excluding hydrogens is 425 g/mol. The van der Waals surface area contributed by atoms with E-state index in [-0.39, 0.29) is 11.6 Å². The van der Waals surface area contributed by atoms with E-state index in [0.29, 0.717) is 32.7 Å². The predicted octanol–water partition coefficient (Wildman–Crippen LogP) is 5.99. The van der Waals surface area contributed by atoms with Crippen LogP contribution in [-0.2, 0) is 4.79 Å². The highest BCUT2D eigenvalue weighted by atomic mass is 35.5. The second-order valence-electron chi connectivity index (χ2n) is 6.62. The van der Waals surface area contributed by atoms with Gasteiger partial charge in [0.1, 0.15) is 5.70 Å². The SMILES string of the molecule is O=C1C(Nc2ccc(Cl)cc2)=C[C@@H](c2ccccc2[N+](=O)[O-])N1c1ccc(Cl)cc1. The lowest BCUT2D eigenvalue weighted by molar-refractivity contribution is -0.385. The van der Waals surface area contributed by atoms with Gasteiger partial charge in [-0.25, -0.2) is 0 Å². The first-order chi connectivity index (χ1) is 14.4. The van der Waals surface area contributed by atoms with E-state index in [1.165, 1.54) is 11.0 Å². The molecule has 0 radical (unpaired) electrons. The van der Waals surface area contributed by atoms with Crippen molar-refractivity contribution in [3.8, 4) is 0 Å². The van der Waals surface area contributed by atoms with Crippen LogP contribution in [0.25, 0.3) is 0 Å². The van der Waals surface area contributed by atoms with Gasteiger partial charge < -0.3 is 5.32 Å². The second-order valence-corrected chi connectivity index (χ2v) is 7.50. The van der Waals surface area contributed by atoms with Gasteiger partial charge in [0.05, 0.1) is 16.5 Å². The van der Waals surface area contributed by atoms with Crippen molar-refractivity contribution in [1.82, 2.24) is 0 Å². The van der Waals surface area contributed by atoms with E-state index >= 15 is 0 Å². The molecule has 1 aliphatic rings. The number of hydrogen-bond acceptors (Lipinski definition) is 4. The monoisotopic (exact) mass is 439 g/mol. The lowest BCUT2D eigenvalue weighted by Gasteiger charge is -2.25. The van der Waals surface area contributed by atoms with E-state index in [1.807, 2.05) is 0 Å². The minimum absolute atomic E-state index is 0.0572. The molecule has 1 atom stereocenters. The molecule has 1 amide bonds. The third-order valence-corrected chi connectivity index (χ3v) is 5.24. The maximum atomic E-state index is 13.3. The molecule has 0 unspecified atom stereocenters. The number of benzene rings is 3. The van der Waals surface area contributed by atoms with Crippen LogP contribution in [-0.4, -0.2) is 10.8 Å². The number of carbonyl (C=O) groups is 1. The zero-order valence-corrected chi connectivity index (χ0v) is 17.0. The molecule has 8 heteroatoms. The summed E-state index contributed by atoms with van der Waals surface area (Å²) in [6.45, 7) is 0. The summed E-state index contributed by atoms with van der Waals surface area (Å²) in [5.41, 5.74) is 1.93. The van der Waals surface area contributed by atoms with Crippen molar-refractivity contribution in [3.63, 3.8) is 0 Å². The molecule has 0 fully saturated rings. The van der Waals surface area contributed by atoms with Gasteiger partial charge in [-0.1, -0.05) is 35.3 Å². The van der Waals surface area contributed by atoms with Gasteiger partial charge in [0, 0.05) is 27.5 Å². The highest BCUT2D eigenvalue weighted by molar-refractivity contribution is 6.31. The molecule has 0 saturated heterocycles. The van der Waals surface area contributed by atoms with Gasteiger partial charge in [0.2, 0.25) is 0 Å². The van der Waals surface area contributed by atoms with Crippen LogP contribution in [0.5, 0.6) is 0 Å². The highest BCUT2D eigenvalue weighted by Crippen LogP contribution is 2.39. The number of anilines is 2. The van der Waals surface area contributed by atoms with Crippen molar-refractivity contribution in [3.05, 3.63) is 110 Å². The van der Waals surface area contributed by atoms with E-state index in [9.17, 15) is 14.9 Å². The lowest BCUT2D eigenvalue weighted by atomic mass is 10.0. The summed E-state index contributed by atoms with van der Waals surface area (Å²) in [5, 5.41) is 15.8. The van der Waals surface area contributed by atoms with Gasteiger partial charge in [0.15, 0.2) is 0 Å². The maximum absolute atomic E-state index is 13.3. The Labute approximate surface area is 182 Å². The fraction of sp³-hybridized carbons (Fsp3) is 0.0455. The summed E-state index contributed by atoms with van der Waals surface area (Å²) in [6.07, 6.45) is 1.69. The molecule has 1 aliphatic heterocycles. The van der Waals surface area contributed by atoms with E-state index in [1.54, 1.807) is 72.8 Å². The van der Waals surface area contributed by atoms with Crippen molar-refractivity contribution in [2.75, 3.05) is 10.2 Å². The van der Waals surface area contributed by atoms with Gasteiger partial charge in [-0.05, 0) is 60.7 Å². The third-order valence-electron chi connectivity index (χ3n) is 4.73. The zero-order valence-electron chi connectivity index (χ0n) is 15.5. The summed E-state index contributed by atoms with van der Waals surface area (Å²) >= 11 is 11.9. The number of nitro benzene ring substituents is 1. The molecule has 4 rings (SSSR count). The summed E-state index contributed by atoms with van der Waals surface area (Å²) < 4.78 is 0. The summed E-state index contributed by atoms with van der Waals surface area (Å²) in [4.78, 5) is 25.9. The van der Waals surface area contributed by atoms with E-state index in [0.717, 1.165) is 0 Å². The highest BCUT2D eigenvalue weighted by Gasteiger charge is 2.37. The average molecular weight is 440 g/mol. The van der Waals surface area contributed by atoms with Crippen molar-refractivity contribution in [1.29, 1.82) is 0 Å². The number of rotatable bonds is 5. The molecule has 150 valence electrons. The van der Waals surface area contributed by atoms with Crippen molar-refractivity contribution in [2.45, 2.75) is 6.04 Å². The van der Waals surface area contributed by atoms with E-state index in [4.69, 9.17) is 23.2 Å². The van der Waals surface area contributed by atoms with Gasteiger partial charge >= 0.3 is 0 Å². The van der Waals surface area contributed by atoms with Gasteiger partial charge in [-0.2, -0.15) is 0 Å². The first kappa shape index (κ1) is 19.9. The Bertz CT molecular complexity index is 1150. The quantitative estimate of drug-likeness (QED) is 0.391. The molecule has 1 N–H and O–H groups in total. The Morgan fingerprint density at radius 3 is 2.13 bits per heavy atom. The fourth-order valence-electron chi connectivity index (χ4n) is 3.36. The molecule has 0 aliphatic carbocycles. The van der Waals surface area contributed by atoms with E-state index in [2.05, 4.69) is 5.32 Å². The summed E-state index contributed by atoms with van der Waals surface area (Å²) in [7, 11) is 0. The number of para-hydroxylation sites is 1. The van der Waals surface area contributed by atoms with Crippen molar-refractivity contribution < 1.29 is 9.72 Å². The van der Waals surface area contributed by atoms with Crippen LogP contribution in [0.15, 0.2) is 84.6 Å². The number of nitrogens with one attached hydrogen (secondary N) is 1. The standard InChI is InChI=1S/C22H15Cl2N3O3/c23-14-5-9-16(10-6-14)25-19-13-21(18-3-1-2-4-20(18)27(29)30)26(22(19)28)17-11-7-15(24)8-12-17/h1-13,21,25H/t21-/m0/s1. The third kappa shape index (κ3) is 3.87. The second kappa shape index (κ2) is 8.18. The molecule has 3 aromatic carbocycles. The van der Waals surface area contributed by atoms with Crippen LogP contribution < -0.4 is 10.2 Å². The summed E-state index contributed by atoms with van der Waals surface area (Å²) in [6, 6.07) is 19.4. The van der Waals surface area contributed by atoms with Gasteiger partial charge in [-0.15, -0.1) is 0 Å². The minimum atomic E-state index is -0.657. The zero-order chi connectivity index (χ0) is 21.3. The number of nitro groups is 1. The number of halogens is 2. The smallest absolute Gasteiger partial charge is 0.275 e. The van der Waals surface area contributed by atoms with Crippen LogP contribution in [0.2, 0.25) is 10.0 Å². The topological polar surface area (TPSA) is 75.5 Å². The first-order valence-electron chi connectivity index (χ1n) is 9.01. The Hall–Kier alpha value is -3.35. The van der Waals surface area contributed by atoms with Gasteiger partial charge in [0.25, 0.3) is 11.6 Å². The number of carbonyl (C=O) groups excluding carboxylic acids is 1. The molecule has 30 heavy (non-hydrogen) atoms. The first-order valence-corrected chi connectivity index (χ1v) is 9.76. The molecular formula is C22H15Cl2N3O3. The number of amides is 1. The molecule has 0 saturated carbocycles. The molecule has 0 bridgehead atoms. The van der Waals surface area contributed by atoms with Crippen LogP contribution in [0.4, 0.5) is 17.1 Å². The molecule has 3 aromatic rings. The summed E-state index contributed by atoms with van der Waals surface area (Å²) in [5.74, 6) is -0.310. The molecule has 6 nitrogen and oxygen atoms in total. The van der Waals surface area contributed by atoms with Crippen molar-refractivity contribution >= 4 is 46.2 Å². The minimum Gasteiger partial charge on any atom is -0.351 e. The predicted molar refractivity (Wildman–Crippen MR) is 118 cm³/mol. The van der Waals surface area contributed by atoms with Crippen LogP contribution in [0.1, 0.15) is 11.6 Å². The maximum Gasteiger partial charge on any atom is 0.275 e. The molecule has 0 spiro atoms. The van der Waals surface area contributed by atoms with Crippen LogP contribution >= 0.6 is 23.2 Å². The number of nitrogens with zero attached hydrogens (tertiary/aromatic N) is 2. The average Bonchev–Trinajstić information content (AvgIpc) is 3.06. The molecule has 1 heterocycles. The number of hydrogen-bond donors (Lipinski definition) is 1. The Morgan fingerprint density at radius 1 is 0.900 bits per heavy atom. The Kier molecular flexibility index (Phi) is 5.44. The van der Waals surface area contributed by atoms with Crippen LogP contribution in [0.3, 0.4) is 0 Å². The Morgan fingerprint density at radius 2 is 1.50 bits per heavy atom. The van der Waals surface area contributed by atoms with Crippen molar-refractivity contribution in [2.24, 2.45) is 0 Å². The normalized spacial score (nSPS) is 15.8. The lowest BCUT2D eigenvalue weighted by Crippen LogP contribution is -2.31. The largest absolute Gasteiger partial charge is 0.351 e. The molecule has 0 aromatic heterocycles.